The highest BCUT2D eigenvalue weighted by molar-refractivity contribution is 6.30. The zero-order valence-corrected chi connectivity index (χ0v) is 11.1. The minimum Gasteiger partial charge on any atom is -0.477 e. The number of carbonyl (C=O) groups excluding carboxylic acids is 1. The van der Waals surface area contributed by atoms with Crippen LogP contribution in [0.3, 0.4) is 0 Å². The van der Waals surface area contributed by atoms with Gasteiger partial charge in [-0.2, -0.15) is 0 Å². The number of hydrogen-bond acceptors (Lipinski definition) is 2. The lowest BCUT2D eigenvalue weighted by molar-refractivity contribution is 0.0692. The molecule has 20 heavy (non-hydrogen) atoms. The van der Waals surface area contributed by atoms with Gasteiger partial charge < -0.3 is 15.4 Å². The van der Waals surface area contributed by atoms with Crippen LogP contribution in [0.25, 0.3) is 0 Å². The first kappa shape index (κ1) is 14.1. The minimum atomic E-state index is -1.22. The smallest absolute Gasteiger partial charge is 0.354 e. The molecule has 0 aliphatic carbocycles. The van der Waals surface area contributed by atoms with E-state index < -0.39 is 17.7 Å². The van der Waals surface area contributed by atoms with Gasteiger partial charge in [-0.3, -0.25) is 4.79 Å². The van der Waals surface area contributed by atoms with Gasteiger partial charge >= 0.3 is 5.97 Å². The first-order chi connectivity index (χ1) is 9.38. The summed E-state index contributed by atoms with van der Waals surface area (Å²) >= 11 is 5.60. The predicted molar refractivity (Wildman–Crippen MR) is 71.9 cm³/mol. The molecule has 0 atom stereocenters. The van der Waals surface area contributed by atoms with Crippen molar-refractivity contribution in [2.75, 3.05) is 5.32 Å². The molecule has 7 heteroatoms. The van der Waals surface area contributed by atoms with E-state index in [9.17, 15) is 14.0 Å². The fourth-order valence-corrected chi connectivity index (χ4v) is 1.88. The fraction of sp³-hybridized carbons (Fsp3) is 0.0769. The summed E-state index contributed by atoms with van der Waals surface area (Å²) in [5, 5.41) is 11.5. The van der Waals surface area contributed by atoms with Crippen LogP contribution in [0, 0.1) is 12.7 Å². The van der Waals surface area contributed by atoms with Gasteiger partial charge in [0, 0.05) is 10.7 Å². The van der Waals surface area contributed by atoms with Crippen molar-refractivity contribution in [3.63, 3.8) is 0 Å². The van der Waals surface area contributed by atoms with E-state index in [1.807, 2.05) is 0 Å². The highest BCUT2D eigenvalue weighted by Crippen LogP contribution is 2.20. The summed E-state index contributed by atoms with van der Waals surface area (Å²) in [7, 11) is 0. The molecular weight excluding hydrogens is 287 g/mol. The van der Waals surface area contributed by atoms with Crippen LogP contribution in [0.5, 0.6) is 0 Å². The van der Waals surface area contributed by atoms with Crippen molar-refractivity contribution in [2.45, 2.75) is 6.92 Å². The molecule has 3 N–H and O–H groups in total. The number of amides is 1. The van der Waals surface area contributed by atoms with Crippen molar-refractivity contribution < 1.29 is 19.1 Å². The largest absolute Gasteiger partial charge is 0.477 e. The van der Waals surface area contributed by atoms with Crippen LogP contribution in [0.2, 0.25) is 5.02 Å². The first-order valence-electron chi connectivity index (χ1n) is 5.58. The zero-order chi connectivity index (χ0) is 14.9. The molecule has 0 saturated carbocycles. The van der Waals surface area contributed by atoms with Gasteiger partial charge in [0.2, 0.25) is 0 Å². The molecule has 0 aliphatic rings. The van der Waals surface area contributed by atoms with E-state index in [-0.39, 0.29) is 22.0 Å². The molecule has 2 rings (SSSR count). The first-order valence-corrected chi connectivity index (χ1v) is 5.95. The van der Waals surface area contributed by atoms with Gasteiger partial charge in [-0.05, 0) is 31.2 Å². The highest BCUT2D eigenvalue weighted by Gasteiger charge is 2.18. The second-order valence-corrected chi connectivity index (χ2v) is 4.56. The Labute approximate surface area is 118 Å². The molecule has 2 aromatic rings. The van der Waals surface area contributed by atoms with Crippen LogP contribution in [-0.2, 0) is 0 Å². The molecule has 0 bridgehead atoms. The lowest BCUT2D eigenvalue weighted by Crippen LogP contribution is -2.15. The Morgan fingerprint density at radius 3 is 2.65 bits per heavy atom. The Hall–Kier alpha value is -2.34. The number of benzene rings is 1. The van der Waals surface area contributed by atoms with E-state index in [4.69, 9.17) is 16.7 Å². The van der Waals surface area contributed by atoms with E-state index in [1.165, 1.54) is 18.2 Å². The Morgan fingerprint density at radius 2 is 2.05 bits per heavy atom. The third kappa shape index (κ3) is 2.80. The van der Waals surface area contributed by atoms with Crippen molar-refractivity contribution in [1.82, 2.24) is 4.98 Å². The average molecular weight is 297 g/mol. The number of aromatic carboxylic acids is 1. The van der Waals surface area contributed by atoms with E-state index in [1.54, 1.807) is 6.92 Å². The van der Waals surface area contributed by atoms with Gasteiger partial charge in [0.1, 0.15) is 11.5 Å². The van der Waals surface area contributed by atoms with Crippen molar-refractivity contribution in [2.24, 2.45) is 0 Å². The number of anilines is 1. The van der Waals surface area contributed by atoms with Crippen molar-refractivity contribution in [3.05, 3.63) is 52.1 Å². The molecule has 0 radical (unpaired) electrons. The molecule has 0 saturated heterocycles. The summed E-state index contributed by atoms with van der Waals surface area (Å²) in [6.07, 6.45) is 0. The number of carbonyl (C=O) groups is 2. The molecule has 0 fully saturated rings. The summed E-state index contributed by atoms with van der Waals surface area (Å²) in [4.78, 5) is 25.5. The number of nitrogens with one attached hydrogen (secondary N) is 2. The Morgan fingerprint density at radius 1 is 1.35 bits per heavy atom. The molecule has 5 nitrogen and oxygen atoms in total. The number of carboxylic acids is 1. The Kier molecular flexibility index (Phi) is 3.76. The van der Waals surface area contributed by atoms with Crippen molar-refractivity contribution >= 4 is 29.2 Å². The molecule has 0 aliphatic heterocycles. The van der Waals surface area contributed by atoms with Crippen LogP contribution in [0.1, 0.15) is 26.5 Å². The van der Waals surface area contributed by atoms with E-state index in [2.05, 4.69) is 10.3 Å². The molecule has 1 aromatic heterocycles. The summed E-state index contributed by atoms with van der Waals surface area (Å²) in [5.41, 5.74) is 0.262. The van der Waals surface area contributed by atoms with Crippen molar-refractivity contribution in [3.8, 4) is 0 Å². The SMILES string of the molecule is Cc1cc(NC(=O)c2ccc(Cl)cc2F)c(C(=O)O)[nH]1. The van der Waals surface area contributed by atoms with Crippen LogP contribution >= 0.6 is 11.6 Å². The van der Waals surface area contributed by atoms with Gasteiger partial charge in [-0.15, -0.1) is 0 Å². The second-order valence-electron chi connectivity index (χ2n) is 4.12. The van der Waals surface area contributed by atoms with E-state index in [0.717, 1.165) is 6.07 Å². The minimum absolute atomic E-state index is 0.0781. The predicted octanol–water partition coefficient (Wildman–Crippen LogP) is 3.07. The maximum Gasteiger partial charge on any atom is 0.354 e. The highest BCUT2D eigenvalue weighted by atomic mass is 35.5. The summed E-state index contributed by atoms with van der Waals surface area (Å²) in [5.74, 6) is -2.75. The van der Waals surface area contributed by atoms with Crippen LogP contribution < -0.4 is 5.32 Å². The molecule has 1 aromatic carbocycles. The van der Waals surface area contributed by atoms with E-state index >= 15 is 0 Å². The number of aryl methyl sites for hydroxylation is 1. The number of carboxylic acid groups (broad SMARTS) is 1. The van der Waals surface area contributed by atoms with Crippen LogP contribution in [-0.4, -0.2) is 22.0 Å². The standard InChI is InChI=1S/C13H10ClFN2O3/c1-6-4-10(11(16-6)13(19)20)17-12(18)8-3-2-7(14)5-9(8)15/h2-5,16H,1H3,(H,17,18)(H,19,20). The third-order valence-corrected chi connectivity index (χ3v) is 2.83. The number of halogens is 2. The molecular formula is C13H10ClFN2O3. The summed E-state index contributed by atoms with van der Waals surface area (Å²) in [6.45, 7) is 1.64. The number of hydrogen-bond donors (Lipinski definition) is 3. The molecule has 0 spiro atoms. The second kappa shape index (κ2) is 5.34. The molecule has 1 amide bonds. The summed E-state index contributed by atoms with van der Waals surface area (Å²) in [6, 6.07) is 5.07. The topological polar surface area (TPSA) is 82.2 Å². The molecule has 1 heterocycles. The Bertz CT molecular complexity index is 697. The monoisotopic (exact) mass is 296 g/mol. The third-order valence-electron chi connectivity index (χ3n) is 2.59. The molecule has 104 valence electrons. The number of H-pyrrole nitrogens is 1. The zero-order valence-electron chi connectivity index (χ0n) is 10.3. The Balaban J connectivity index is 2.30. The number of aromatic amines is 1. The van der Waals surface area contributed by atoms with Crippen molar-refractivity contribution in [1.29, 1.82) is 0 Å². The normalized spacial score (nSPS) is 10.3. The van der Waals surface area contributed by atoms with Gasteiger partial charge in [0.25, 0.3) is 5.91 Å². The van der Waals surface area contributed by atoms with Crippen LogP contribution in [0.15, 0.2) is 24.3 Å². The maximum atomic E-state index is 13.6. The summed E-state index contributed by atoms with van der Waals surface area (Å²) < 4.78 is 13.6. The van der Waals surface area contributed by atoms with Gasteiger partial charge in [-0.1, -0.05) is 11.6 Å². The van der Waals surface area contributed by atoms with E-state index in [0.29, 0.717) is 5.69 Å². The molecule has 0 unspecified atom stereocenters. The number of rotatable bonds is 3. The lowest BCUT2D eigenvalue weighted by Gasteiger charge is -2.05. The fourth-order valence-electron chi connectivity index (χ4n) is 1.72. The maximum absolute atomic E-state index is 13.6. The van der Waals surface area contributed by atoms with Gasteiger partial charge in [-0.25, -0.2) is 9.18 Å². The van der Waals surface area contributed by atoms with Gasteiger partial charge in [0.15, 0.2) is 0 Å². The van der Waals surface area contributed by atoms with Crippen LogP contribution in [0.4, 0.5) is 10.1 Å². The quantitative estimate of drug-likeness (QED) is 0.814. The average Bonchev–Trinajstić information content (AvgIpc) is 2.70. The van der Waals surface area contributed by atoms with Gasteiger partial charge in [0.05, 0.1) is 11.3 Å². The lowest BCUT2D eigenvalue weighted by atomic mass is 10.2. The number of aromatic nitrogens is 1.